The fourth-order valence-corrected chi connectivity index (χ4v) is 4.47. The molecule has 0 amide bonds. The van der Waals surface area contributed by atoms with E-state index in [4.69, 9.17) is 26.8 Å². The molecule has 37 heavy (non-hydrogen) atoms. The van der Waals surface area contributed by atoms with Gasteiger partial charge in [-0.15, -0.1) is 0 Å². The summed E-state index contributed by atoms with van der Waals surface area (Å²) in [5.41, 5.74) is 9.63. The fourth-order valence-electron chi connectivity index (χ4n) is 4.28. The van der Waals surface area contributed by atoms with Crippen molar-refractivity contribution in [3.63, 3.8) is 0 Å². The van der Waals surface area contributed by atoms with Gasteiger partial charge in [-0.1, -0.05) is 41.4 Å². The number of hydrogen-bond acceptors (Lipinski definition) is 9. The Labute approximate surface area is 216 Å². The van der Waals surface area contributed by atoms with Crippen LogP contribution in [-0.4, -0.2) is 54.0 Å². The maximum Gasteiger partial charge on any atom is 0.334 e. The second-order valence-electron chi connectivity index (χ2n) is 8.78. The van der Waals surface area contributed by atoms with E-state index in [1.165, 1.54) is 17.2 Å². The molecule has 0 bridgehead atoms. The molecule has 1 saturated heterocycles. The number of benzene rings is 2. The van der Waals surface area contributed by atoms with Crippen LogP contribution >= 0.6 is 11.6 Å². The Morgan fingerprint density at radius 3 is 2.84 bits per heavy atom. The summed E-state index contributed by atoms with van der Waals surface area (Å²) in [5.74, 6) is -0.150. The number of aryl methyl sites for hydroxylation is 1. The van der Waals surface area contributed by atoms with Crippen LogP contribution in [-0.2, 0) is 22.7 Å². The number of carbonyl (C=O) groups is 1. The average Bonchev–Trinajstić information content (AvgIpc) is 3.43. The molecular formula is C25H25ClN6O5. The first-order chi connectivity index (χ1) is 17.8. The van der Waals surface area contributed by atoms with Gasteiger partial charge in [-0.3, -0.25) is 4.57 Å². The van der Waals surface area contributed by atoms with Crippen LogP contribution in [0.1, 0.15) is 22.9 Å². The van der Waals surface area contributed by atoms with Crippen LogP contribution in [0.3, 0.4) is 0 Å². The van der Waals surface area contributed by atoms with Crippen LogP contribution in [0.25, 0.3) is 11.2 Å². The molecule has 5 N–H and O–H groups in total. The second kappa shape index (κ2) is 10.3. The predicted octanol–water partition coefficient (Wildman–Crippen LogP) is 2.65. The van der Waals surface area contributed by atoms with E-state index in [1.54, 1.807) is 6.07 Å². The van der Waals surface area contributed by atoms with Crippen LogP contribution < -0.4 is 15.8 Å². The third-order valence-corrected chi connectivity index (χ3v) is 6.38. The molecule has 192 valence electrons. The number of anilines is 1. The summed E-state index contributed by atoms with van der Waals surface area (Å²) in [7, 11) is 0. The molecular weight excluding hydrogens is 500 g/mol. The van der Waals surface area contributed by atoms with Crippen molar-refractivity contribution < 1.29 is 24.5 Å². The number of nitrogens with one attached hydrogen (secondary N) is 1. The Balaban J connectivity index is 1.35. The number of nitrogens with two attached hydrogens (primary N) is 1. The topological polar surface area (TPSA) is 158 Å². The molecule has 0 spiro atoms. The van der Waals surface area contributed by atoms with Crippen molar-refractivity contribution in [3.05, 3.63) is 76.8 Å². The van der Waals surface area contributed by atoms with Crippen molar-refractivity contribution in [2.45, 2.75) is 44.6 Å². The van der Waals surface area contributed by atoms with E-state index in [9.17, 15) is 15.0 Å². The van der Waals surface area contributed by atoms with Crippen LogP contribution in [0.15, 0.2) is 55.1 Å². The minimum Gasteiger partial charge on any atom is -0.489 e. The summed E-state index contributed by atoms with van der Waals surface area (Å²) >= 11 is 6.25. The van der Waals surface area contributed by atoms with Gasteiger partial charge in [-0.2, -0.15) is 0 Å². The van der Waals surface area contributed by atoms with Crippen LogP contribution in [0.2, 0.25) is 5.02 Å². The highest BCUT2D eigenvalue weighted by molar-refractivity contribution is 6.30. The summed E-state index contributed by atoms with van der Waals surface area (Å²) in [6.45, 7) is 2.77. The highest BCUT2D eigenvalue weighted by atomic mass is 35.5. The number of carboxylic acid groups (broad SMARTS) is 1. The molecule has 0 radical (unpaired) electrons. The molecule has 0 saturated carbocycles. The van der Waals surface area contributed by atoms with Gasteiger partial charge >= 0.3 is 5.97 Å². The molecule has 1 fully saturated rings. The highest BCUT2D eigenvalue weighted by Gasteiger charge is 2.46. The lowest BCUT2D eigenvalue weighted by molar-refractivity contribution is -0.152. The first-order valence-corrected chi connectivity index (χ1v) is 11.9. The van der Waals surface area contributed by atoms with Gasteiger partial charge in [0.2, 0.25) is 0 Å². The number of imidazole rings is 1. The Morgan fingerprint density at radius 1 is 1.24 bits per heavy atom. The number of aliphatic hydroxyl groups excluding tert-OH is 1. The van der Waals surface area contributed by atoms with Crippen molar-refractivity contribution in [1.29, 1.82) is 0 Å². The van der Waals surface area contributed by atoms with E-state index >= 15 is 0 Å². The smallest absolute Gasteiger partial charge is 0.334 e. The van der Waals surface area contributed by atoms with Gasteiger partial charge in [-0.05, 0) is 30.7 Å². The second-order valence-corrected chi connectivity index (χ2v) is 9.22. The van der Waals surface area contributed by atoms with Crippen molar-refractivity contribution in [2.24, 2.45) is 5.73 Å². The fraction of sp³-hybridized carbons (Fsp3) is 0.280. The molecule has 4 aromatic rings. The van der Waals surface area contributed by atoms with Gasteiger partial charge in [0.25, 0.3) is 0 Å². The predicted molar refractivity (Wildman–Crippen MR) is 135 cm³/mol. The van der Waals surface area contributed by atoms with Gasteiger partial charge in [-0.25, -0.2) is 19.7 Å². The first kappa shape index (κ1) is 24.9. The highest BCUT2D eigenvalue weighted by Crippen LogP contribution is 2.32. The summed E-state index contributed by atoms with van der Waals surface area (Å²) in [6, 6.07) is 12.4. The van der Waals surface area contributed by atoms with Crippen molar-refractivity contribution in [2.75, 3.05) is 5.32 Å². The lowest BCUT2D eigenvalue weighted by atomic mass is 10.1. The zero-order valence-electron chi connectivity index (χ0n) is 19.8. The lowest BCUT2D eigenvalue weighted by Gasteiger charge is -2.17. The normalized spacial score (nSPS) is 21.3. The summed E-state index contributed by atoms with van der Waals surface area (Å²) in [6.07, 6.45) is -0.919. The SMILES string of the molecule is Cc1cccc(COc2ccc(Cl)cc2CNc2ncnc3c2ncn3C2OC(C(=O)O)C(N)C2O)c1. The van der Waals surface area contributed by atoms with E-state index in [-0.39, 0.29) is 0 Å². The molecule has 0 aliphatic carbocycles. The van der Waals surface area contributed by atoms with Crippen molar-refractivity contribution in [3.8, 4) is 5.75 Å². The molecule has 2 aromatic carbocycles. The molecule has 11 nitrogen and oxygen atoms in total. The maximum atomic E-state index is 11.4. The lowest BCUT2D eigenvalue weighted by Crippen LogP contribution is -2.43. The van der Waals surface area contributed by atoms with E-state index in [1.807, 2.05) is 37.3 Å². The van der Waals surface area contributed by atoms with E-state index < -0.39 is 30.4 Å². The number of carboxylic acids is 1. The number of ether oxygens (including phenoxy) is 2. The Kier molecular flexibility index (Phi) is 6.94. The summed E-state index contributed by atoms with van der Waals surface area (Å²) < 4.78 is 13.0. The quantitative estimate of drug-likeness (QED) is 0.270. The van der Waals surface area contributed by atoms with E-state index in [2.05, 4.69) is 26.3 Å². The van der Waals surface area contributed by atoms with Gasteiger partial charge in [0.1, 0.15) is 24.8 Å². The van der Waals surface area contributed by atoms with Crippen LogP contribution in [0, 0.1) is 6.92 Å². The Hall–Kier alpha value is -3.77. The van der Waals surface area contributed by atoms with Crippen LogP contribution in [0.4, 0.5) is 5.82 Å². The number of aromatic nitrogens is 4. The standard InChI is InChI=1S/C25H25ClN6O5/c1-13-3-2-4-14(7-13)10-36-17-6-5-16(26)8-15(17)9-28-22-19-23(30-11-29-22)32(12-31-19)24-20(33)18(27)21(37-24)25(34)35/h2-8,11-12,18,20-21,24,33H,9-10,27H2,1H3,(H,34,35)(H,28,29,30). The van der Waals surface area contributed by atoms with Gasteiger partial charge < -0.3 is 30.7 Å². The number of fused-ring (bicyclic) bond motifs is 1. The summed E-state index contributed by atoms with van der Waals surface area (Å²) in [4.78, 5) is 24.3. The molecule has 3 heterocycles. The van der Waals surface area contributed by atoms with Crippen molar-refractivity contribution in [1.82, 2.24) is 19.5 Å². The molecule has 12 heteroatoms. The van der Waals surface area contributed by atoms with E-state index in [0.29, 0.717) is 40.9 Å². The number of rotatable bonds is 8. The third-order valence-electron chi connectivity index (χ3n) is 6.14. The van der Waals surface area contributed by atoms with Crippen LogP contribution in [0.5, 0.6) is 5.75 Å². The molecule has 5 rings (SSSR count). The van der Waals surface area contributed by atoms with Gasteiger partial charge in [0.15, 0.2) is 29.3 Å². The molecule has 4 atom stereocenters. The average molecular weight is 525 g/mol. The number of aliphatic carboxylic acids is 1. The maximum absolute atomic E-state index is 11.4. The molecule has 2 aromatic heterocycles. The Morgan fingerprint density at radius 2 is 2.08 bits per heavy atom. The minimum absolute atomic E-state index is 0.331. The summed E-state index contributed by atoms with van der Waals surface area (Å²) in [5, 5.41) is 23.6. The van der Waals surface area contributed by atoms with Crippen molar-refractivity contribution >= 4 is 34.6 Å². The number of hydrogen-bond donors (Lipinski definition) is 4. The third kappa shape index (κ3) is 5.07. The van der Waals surface area contributed by atoms with Gasteiger partial charge in [0, 0.05) is 17.1 Å². The zero-order chi connectivity index (χ0) is 26.1. The number of halogens is 1. The molecule has 1 aliphatic rings. The minimum atomic E-state index is -1.35. The first-order valence-electron chi connectivity index (χ1n) is 11.5. The Bertz CT molecular complexity index is 1450. The molecule has 4 unspecified atom stereocenters. The van der Waals surface area contributed by atoms with E-state index in [0.717, 1.165) is 16.7 Å². The largest absolute Gasteiger partial charge is 0.489 e. The molecule has 1 aliphatic heterocycles. The number of nitrogens with zero attached hydrogens (tertiary/aromatic N) is 4. The monoisotopic (exact) mass is 524 g/mol. The van der Waals surface area contributed by atoms with Gasteiger partial charge in [0.05, 0.1) is 12.4 Å². The number of aliphatic hydroxyl groups is 1. The zero-order valence-corrected chi connectivity index (χ0v) is 20.5.